The Labute approximate surface area is 108 Å². The first-order valence-corrected chi connectivity index (χ1v) is 7.12. The van der Waals surface area contributed by atoms with Gasteiger partial charge in [-0.1, -0.05) is 47.0 Å². The third-order valence-corrected chi connectivity index (χ3v) is 2.86. The molecule has 0 saturated heterocycles. The third-order valence-electron chi connectivity index (χ3n) is 2.86. The van der Waals surface area contributed by atoms with Crippen LogP contribution in [0.4, 0.5) is 0 Å². The van der Waals surface area contributed by atoms with Crippen LogP contribution < -0.4 is 0 Å². The highest BCUT2D eigenvalue weighted by Crippen LogP contribution is 2.09. The molecule has 0 saturated carbocycles. The predicted octanol–water partition coefficient (Wildman–Crippen LogP) is 3.75. The van der Waals surface area contributed by atoms with Crippen LogP contribution in [0, 0.1) is 11.8 Å². The van der Waals surface area contributed by atoms with Crippen LogP contribution in [-0.2, 0) is 4.79 Å². The van der Waals surface area contributed by atoms with Crippen LogP contribution >= 0.6 is 0 Å². The molecule has 0 aliphatic heterocycles. The van der Waals surface area contributed by atoms with E-state index in [0.29, 0.717) is 18.2 Å². The van der Waals surface area contributed by atoms with Crippen LogP contribution in [0.2, 0.25) is 0 Å². The maximum absolute atomic E-state index is 11.7. The Morgan fingerprint density at radius 2 is 1.65 bits per heavy atom. The van der Waals surface area contributed by atoms with Crippen molar-refractivity contribution in [3.05, 3.63) is 0 Å². The van der Waals surface area contributed by atoms with Crippen LogP contribution in [0.3, 0.4) is 0 Å². The Morgan fingerprint density at radius 1 is 1.00 bits per heavy atom. The monoisotopic (exact) mass is 241 g/mol. The lowest BCUT2D eigenvalue weighted by atomic mass is 10.0. The van der Waals surface area contributed by atoms with Crippen molar-refractivity contribution < 1.29 is 4.79 Å². The van der Waals surface area contributed by atoms with Gasteiger partial charge < -0.3 is 0 Å². The zero-order valence-electron chi connectivity index (χ0n) is 12.5. The van der Waals surface area contributed by atoms with Crippen molar-refractivity contribution in [1.29, 1.82) is 0 Å². The number of ketones is 1. The first-order valence-electron chi connectivity index (χ1n) is 7.12. The van der Waals surface area contributed by atoms with Crippen molar-refractivity contribution >= 4 is 5.78 Å². The van der Waals surface area contributed by atoms with Gasteiger partial charge in [-0.15, -0.1) is 0 Å². The first-order chi connectivity index (χ1) is 7.91. The van der Waals surface area contributed by atoms with E-state index in [9.17, 15) is 4.79 Å². The minimum absolute atomic E-state index is 0.401. The number of carbonyl (C=O) groups is 1. The Balaban J connectivity index is 3.46. The number of hydrogen-bond donors (Lipinski definition) is 0. The number of Topliss-reactive ketones (excluding diaryl/α,β-unsaturated/α-hetero) is 1. The summed E-state index contributed by atoms with van der Waals surface area (Å²) >= 11 is 0. The van der Waals surface area contributed by atoms with Crippen LogP contribution in [0.5, 0.6) is 0 Å². The second kappa shape index (κ2) is 9.64. The van der Waals surface area contributed by atoms with Gasteiger partial charge in [0.1, 0.15) is 5.78 Å². The molecule has 0 fully saturated rings. The molecule has 0 spiro atoms. The zero-order valence-corrected chi connectivity index (χ0v) is 12.5. The molecular weight excluding hydrogens is 210 g/mol. The Hall–Kier alpha value is -0.370. The summed E-state index contributed by atoms with van der Waals surface area (Å²) in [6.07, 6.45) is 5.60. The van der Waals surface area contributed by atoms with Crippen molar-refractivity contribution in [2.75, 3.05) is 20.1 Å². The van der Waals surface area contributed by atoms with E-state index in [1.165, 1.54) is 19.3 Å². The molecule has 0 atom stereocenters. The van der Waals surface area contributed by atoms with Crippen molar-refractivity contribution in [3.63, 3.8) is 0 Å². The summed E-state index contributed by atoms with van der Waals surface area (Å²) in [5, 5.41) is 0. The van der Waals surface area contributed by atoms with Gasteiger partial charge in [0, 0.05) is 13.0 Å². The van der Waals surface area contributed by atoms with E-state index in [2.05, 4.69) is 32.6 Å². The molecule has 2 nitrogen and oxygen atoms in total. The lowest BCUT2D eigenvalue weighted by Crippen LogP contribution is -2.29. The summed E-state index contributed by atoms with van der Waals surface area (Å²) in [5.41, 5.74) is 0. The van der Waals surface area contributed by atoms with Gasteiger partial charge in [-0.3, -0.25) is 9.69 Å². The van der Waals surface area contributed by atoms with E-state index in [1.54, 1.807) is 0 Å². The maximum atomic E-state index is 11.7. The van der Waals surface area contributed by atoms with Gasteiger partial charge >= 0.3 is 0 Å². The number of nitrogens with zero attached hydrogens (tertiary/aromatic N) is 1. The SMILES string of the molecule is CC(C)CCCCCC(=O)CN(C)CC(C)C. The van der Waals surface area contributed by atoms with Gasteiger partial charge in [0.05, 0.1) is 6.54 Å². The fourth-order valence-corrected chi connectivity index (χ4v) is 2.12. The molecule has 0 unspecified atom stereocenters. The Bertz CT molecular complexity index is 199. The molecule has 0 heterocycles. The molecule has 0 aromatic heterocycles. The average molecular weight is 241 g/mol. The van der Waals surface area contributed by atoms with E-state index in [1.807, 2.05) is 7.05 Å². The molecule has 102 valence electrons. The lowest BCUT2D eigenvalue weighted by molar-refractivity contribution is -0.120. The smallest absolute Gasteiger partial charge is 0.146 e. The van der Waals surface area contributed by atoms with Crippen LogP contribution in [0.25, 0.3) is 0 Å². The van der Waals surface area contributed by atoms with Crippen molar-refractivity contribution in [2.24, 2.45) is 11.8 Å². The summed E-state index contributed by atoms with van der Waals surface area (Å²) in [6, 6.07) is 0. The summed E-state index contributed by atoms with van der Waals surface area (Å²) in [5.74, 6) is 1.83. The Morgan fingerprint density at radius 3 is 2.18 bits per heavy atom. The van der Waals surface area contributed by atoms with E-state index in [0.717, 1.165) is 25.3 Å². The second-order valence-corrected chi connectivity index (χ2v) is 6.12. The number of hydrogen-bond acceptors (Lipinski definition) is 2. The molecule has 0 aromatic rings. The maximum Gasteiger partial charge on any atom is 0.146 e. The topological polar surface area (TPSA) is 20.3 Å². The molecule has 0 amide bonds. The molecule has 0 aliphatic carbocycles. The van der Waals surface area contributed by atoms with Crippen molar-refractivity contribution in [2.45, 2.75) is 59.8 Å². The minimum atomic E-state index is 0.401. The predicted molar refractivity (Wildman–Crippen MR) is 75.3 cm³/mol. The molecule has 0 bridgehead atoms. The molecule has 0 aliphatic rings. The van der Waals surface area contributed by atoms with Gasteiger partial charge in [0.15, 0.2) is 0 Å². The molecular formula is C15H31NO. The number of rotatable bonds is 10. The summed E-state index contributed by atoms with van der Waals surface area (Å²) in [6.45, 7) is 10.5. The second-order valence-electron chi connectivity index (χ2n) is 6.12. The van der Waals surface area contributed by atoms with E-state index < -0.39 is 0 Å². The van der Waals surface area contributed by atoms with Gasteiger partial charge in [0.2, 0.25) is 0 Å². The molecule has 2 heteroatoms. The molecule has 0 aromatic carbocycles. The third kappa shape index (κ3) is 11.9. The van der Waals surface area contributed by atoms with Gasteiger partial charge in [-0.2, -0.15) is 0 Å². The van der Waals surface area contributed by atoms with Crippen molar-refractivity contribution in [3.8, 4) is 0 Å². The molecule has 0 rings (SSSR count). The molecule has 17 heavy (non-hydrogen) atoms. The number of unbranched alkanes of at least 4 members (excludes halogenated alkanes) is 2. The summed E-state index contributed by atoms with van der Waals surface area (Å²) < 4.78 is 0. The Kier molecular flexibility index (Phi) is 9.43. The quantitative estimate of drug-likeness (QED) is 0.543. The zero-order chi connectivity index (χ0) is 13.3. The van der Waals surface area contributed by atoms with Gasteiger partial charge in [-0.25, -0.2) is 0 Å². The van der Waals surface area contributed by atoms with Crippen molar-refractivity contribution in [1.82, 2.24) is 4.90 Å². The largest absolute Gasteiger partial charge is 0.299 e. The van der Waals surface area contributed by atoms with Crippen LogP contribution in [-0.4, -0.2) is 30.8 Å². The minimum Gasteiger partial charge on any atom is -0.299 e. The fourth-order valence-electron chi connectivity index (χ4n) is 2.12. The van der Waals surface area contributed by atoms with Crippen LogP contribution in [0.15, 0.2) is 0 Å². The van der Waals surface area contributed by atoms with Gasteiger partial charge in [-0.05, 0) is 25.3 Å². The highest BCUT2D eigenvalue weighted by atomic mass is 16.1. The van der Waals surface area contributed by atoms with Gasteiger partial charge in [0.25, 0.3) is 0 Å². The normalized spacial score (nSPS) is 11.8. The lowest BCUT2D eigenvalue weighted by Gasteiger charge is -2.17. The fraction of sp³-hybridized carbons (Fsp3) is 0.933. The number of likely N-dealkylation sites (N-methyl/N-ethyl adjacent to an activating group) is 1. The average Bonchev–Trinajstić information content (AvgIpc) is 2.14. The standard InChI is InChI=1S/C15H31NO/c1-13(2)9-7-6-8-10-15(17)12-16(5)11-14(3)4/h13-14H,6-12H2,1-5H3. The van der Waals surface area contributed by atoms with E-state index in [-0.39, 0.29) is 0 Å². The number of carbonyl (C=O) groups excluding carboxylic acids is 1. The highest BCUT2D eigenvalue weighted by Gasteiger charge is 2.07. The summed E-state index contributed by atoms with van der Waals surface area (Å²) in [7, 11) is 2.04. The van der Waals surface area contributed by atoms with E-state index >= 15 is 0 Å². The molecule has 0 radical (unpaired) electrons. The van der Waals surface area contributed by atoms with E-state index in [4.69, 9.17) is 0 Å². The molecule has 0 N–H and O–H groups in total. The highest BCUT2D eigenvalue weighted by molar-refractivity contribution is 5.80. The summed E-state index contributed by atoms with van der Waals surface area (Å²) in [4.78, 5) is 13.8. The first kappa shape index (κ1) is 16.6. The van der Waals surface area contributed by atoms with Crippen LogP contribution in [0.1, 0.15) is 59.8 Å².